The number of rotatable bonds is 6. The summed E-state index contributed by atoms with van der Waals surface area (Å²) in [6.45, 7) is 1.87. The maximum atomic E-state index is 13.8. The lowest BCUT2D eigenvalue weighted by Gasteiger charge is -2.36. The van der Waals surface area contributed by atoms with E-state index in [0.717, 1.165) is 45.2 Å². The number of carbonyl (C=O) groups is 4. The smallest absolute Gasteiger partial charge is 0.405 e. The first-order chi connectivity index (χ1) is 20.0. The van der Waals surface area contributed by atoms with E-state index in [2.05, 4.69) is 14.9 Å². The van der Waals surface area contributed by atoms with Crippen molar-refractivity contribution in [2.75, 3.05) is 26.7 Å². The van der Waals surface area contributed by atoms with Gasteiger partial charge in [-0.3, -0.25) is 14.4 Å². The summed E-state index contributed by atoms with van der Waals surface area (Å²) in [6.07, 6.45) is 9.12. The third-order valence-electron chi connectivity index (χ3n) is 9.30. The number of nitrogens with two attached hydrogens (primary N) is 1. The second-order valence-corrected chi connectivity index (χ2v) is 14.1. The molecule has 0 spiro atoms. The fourth-order valence-electron chi connectivity index (χ4n) is 6.71. The van der Waals surface area contributed by atoms with Crippen LogP contribution in [-0.4, -0.2) is 103 Å². The molecule has 234 valence electrons. The zero-order valence-corrected chi connectivity index (χ0v) is 25.1. The Morgan fingerprint density at radius 3 is 2.43 bits per heavy atom. The SMILES string of the molecule is CN1CCC(N(C2CC2)S(=O)(=O)NC(=O)C23CC2/C=C\CCCCCC(OC(N)=O)C(=O)N2CCCC2C(=O)N3)CC1. The highest BCUT2D eigenvalue weighted by molar-refractivity contribution is 7.87. The average molecular weight is 609 g/mol. The topological polar surface area (TPSA) is 171 Å². The van der Waals surface area contributed by atoms with Crippen LogP contribution in [0.2, 0.25) is 0 Å². The first-order valence-corrected chi connectivity index (χ1v) is 16.8. The minimum Gasteiger partial charge on any atom is -0.436 e. The van der Waals surface area contributed by atoms with Crippen molar-refractivity contribution in [2.45, 2.75) is 107 Å². The fraction of sp³-hybridized carbons (Fsp3) is 0.786. The van der Waals surface area contributed by atoms with Gasteiger partial charge in [0.25, 0.3) is 11.8 Å². The van der Waals surface area contributed by atoms with Crippen molar-refractivity contribution in [2.24, 2.45) is 11.7 Å². The first kappa shape index (κ1) is 30.7. The Bertz CT molecular complexity index is 1200. The van der Waals surface area contributed by atoms with Crippen LogP contribution in [0.3, 0.4) is 0 Å². The molecule has 4 atom stereocenters. The maximum Gasteiger partial charge on any atom is 0.405 e. The summed E-state index contributed by atoms with van der Waals surface area (Å²) >= 11 is 0. The molecular formula is C28H44N6O7S. The molecule has 5 rings (SSSR count). The van der Waals surface area contributed by atoms with Gasteiger partial charge in [0.1, 0.15) is 11.6 Å². The van der Waals surface area contributed by atoms with E-state index >= 15 is 0 Å². The minimum absolute atomic E-state index is 0.118. The van der Waals surface area contributed by atoms with Gasteiger partial charge in [0.15, 0.2) is 6.10 Å². The van der Waals surface area contributed by atoms with E-state index in [1.807, 2.05) is 19.2 Å². The second-order valence-electron chi connectivity index (χ2n) is 12.5. The van der Waals surface area contributed by atoms with E-state index in [4.69, 9.17) is 10.5 Å². The standard InChI is InChI=1S/C28H44N6O7S/c1-32-16-13-21(14-17-32)34(20-11-12-20)42(39,40)31-26(37)28-18-19(28)8-5-3-2-4-6-10-23(41-27(29)38)25(36)33-15-7-9-22(33)24(35)30-28/h5,8,19-23H,2-4,6-7,9-18H2,1H3,(H2,29,38)(H,30,35)(H,31,37)/b8-5-. The second kappa shape index (κ2) is 12.5. The Hall–Kier alpha value is -2.71. The van der Waals surface area contributed by atoms with Crippen LogP contribution in [0.25, 0.3) is 0 Å². The molecule has 3 heterocycles. The Morgan fingerprint density at radius 1 is 1.02 bits per heavy atom. The number of carbonyl (C=O) groups excluding carboxylic acids is 4. The summed E-state index contributed by atoms with van der Waals surface area (Å²) in [6, 6.07) is -1.16. The third-order valence-corrected chi connectivity index (χ3v) is 10.9. The first-order valence-electron chi connectivity index (χ1n) is 15.3. The van der Waals surface area contributed by atoms with Gasteiger partial charge in [0, 0.05) is 24.5 Å². The van der Waals surface area contributed by atoms with Gasteiger partial charge >= 0.3 is 16.3 Å². The van der Waals surface area contributed by atoms with Gasteiger partial charge in [0.05, 0.1) is 0 Å². The summed E-state index contributed by atoms with van der Waals surface area (Å²) in [4.78, 5) is 55.9. The van der Waals surface area contributed by atoms with Gasteiger partial charge in [0.2, 0.25) is 5.91 Å². The van der Waals surface area contributed by atoms with E-state index in [0.29, 0.717) is 45.1 Å². The summed E-state index contributed by atoms with van der Waals surface area (Å²) in [7, 11) is -2.14. The van der Waals surface area contributed by atoms with Crippen LogP contribution in [-0.2, 0) is 29.3 Å². The number of hydrogen-bond acceptors (Lipinski definition) is 8. The lowest BCUT2D eigenvalue weighted by molar-refractivity contribution is -0.146. The average Bonchev–Trinajstić information content (AvgIpc) is 3.83. The molecule has 2 aliphatic carbocycles. The van der Waals surface area contributed by atoms with Crippen molar-refractivity contribution in [3.05, 3.63) is 12.2 Å². The zero-order valence-electron chi connectivity index (χ0n) is 24.3. The molecule has 4 N–H and O–H groups in total. The molecule has 14 heteroatoms. The highest BCUT2D eigenvalue weighted by Gasteiger charge is 2.62. The normalized spacial score (nSPS) is 32.6. The molecule has 0 radical (unpaired) electrons. The van der Waals surface area contributed by atoms with Gasteiger partial charge in [-0.2, -0.15) is 12.7 Å². The van der Waals surface area contributed by atoms with Gasteiger partial charge in [-0.15, -0.1) is 0 Å². The molecule has 4 amide bonds. The van der Waals surface area contributed by atoms with Crippen LogP contribution in [0.5, 0.6) is 0 Å². The highest BCUT2D eigenvalue weighted by atomic mass is 32.2. The summed E-state index contributed by atoms with van der Waals surface area (Å²) in [5.74, 6) is -2.12. The number of primary amides is 1. The summed E-state index contributed by atoms with van der Waals surface area (Å²) in [5.41, 5.74) is 3.81. The Morgan fingerprint density at radius 2 is 1.74 bits per heavy atom. The van der Waals surface area contributed by atoms with Gasteiger partial charge in [-0.05, 0) is 90.8 Å². The van der Waals surface area contributed by atoms with Crippen molar-refractivity contribution < 1.29 is 32.3 Å². The van der Waals surface area contributed by atoms with Crippen molar-refractivity contribution >= 4 is 34.0 Å². The van der Waals surface area contributed by atoms with E-state index < -0.39 is 51.7 Å². The quantitative estimate of drug-likeness (QED) is 0.371. The number of nitrogens with one attached hydrogen (secondary N) is 2. The molecular weight excluding hydrogens is 564 g/mol. The molecule has 0 bridgehead atoms. The van der Waals surface area contributed by atoms with Crippen molar-refractivity contribution in [1.82, 2.24) is 24.1 Å². The molecule has 0 aromatic rings. The fourth-order valence-corrected chi connectivity index (χ4v) is 8.43. The molecule has 0 aromatic heterocycles. The van der Waals surface area contributed by atoms with Crippen LogP contribution in [0.1, 0.15) is 77.0 Å². The van der Waals surface area contributed by atoms with Crippen molar-refractivity contribution in [3.8, 4) is 0 Å². The van der Waals surface area contributed by atoms with E-state index in [1.54, 1.807) is 0 Å². The van der Waals surface area contributed by atoms with Crippen LogP contribution in [0, 0.1) is 5.92 Å². The minimum atomic E-state index is -4.15. The van der Waals surface area contributed by atoms with Gasteiger partial charge in [-0.1, -0.05) is 18.6 Å². The molecule has 13 nitrogen and oxygen atoms in total. The lowest BCUT2D eigenvalue weighted by Crippen LogP contribution is -2.59. The molecule has 5 aliphatic rings. The van der Waals surface area contributed by atoms with Crippen molar-refractivity contribution in [3.63, 3.8) is 0 Å². The van der Waals surface area contributed by atoms with Crippen LogP contribution >= 0.6 is 0 Å². The summed E-state index contributed by atoms with van der Waals surface area (Å²) < 4.78 is 36.3. The Kier molecular flexibility index (Phi) is 9.14. The van der Waals surface area contributed by atoms with Crippen molar-refractivity contribution in [1.29, 1.82) is 0 Å². The predicted molar refractivity (Wildman–Crippen MR) is 153 cm³/mol. The number of hydrogen-bond donors (Lipinski definition) is 3. The third kappa shape index (κ3) is 6.75. The number of likely N-dealkylation sites (tertiary alicyclic amines) is 1. The Balaban J connectivity index is 1.36. The highest BCUT2D eigenvalue weighted by Crippen LogP contribution is 2.46. The molecule has 2 saturated heterocycles. The number of amides is 4. The molecule has 0 aromatic carbocycles. The van der Waals surface area contributed by atoms with Crippen LogP contribution in [0.15, 0.2) is 12.2 Å². The number of ether oxygens (including phenoxy) is 1. The largest absolute Gasteiger partial charge is 0.436 e. The molecule has 4 fully saturated rings. The maximum absolute atomic E-state index is 13.8. The van der Waals surface area contributed by atoms with E-state index in [-0.39, 0.29) is 24.4 Å². The molecule has 42 heavy (non-hydrogen) atoms. The number of piperidine rings is 1. The Labute approximate surface area is 247 Å². The van der Waals surface area contributed by atoms with E-state index in [1.165, 1.54) is 9.21 Å². The predicted octanol–water partition coefficient (Wildman–Crippen LogP) is 0.756. The van der Waals surface area contributed by atoms with Gasteiger partial charge < -0.3 is 25.6 Å². The molecule has 4 unspecified atom stereocenters. The lowest BCUT2D eigenvalue weighted by atomic mass is 10.1. The molecule has 3 aliphatic heterocycles. The van der Waals surface area contributed by atoms with E-state index in [9.17, 15) is 27.6 Å². The number of allylic oxidation sites excluding steroid dienone is 1. The van der Waals surface area contributed by atoms with Crippen LogP contribution in [0.4, 0.5) is 4.79 Å². The summed E-state index contributed by atoms with van der Waals surface area (Å²) in [5, 5.41) is 2.86. The monoisotopic (exact) mass is 608 g/mol. The number of nitrogens with zero attached hydrogens (tertiary/aromatic N) is 3. The number of fused-ring (bicyclic) bond motifs is 2. The van der Waals surface area contributed by atoms with Gasteiger partial charge in [-0.25, -0.2) is 9.52 Å². The van der Waals surface area contributed by atoms with Crippen LogP contribution < -0.4 is 15.8 Å². The molecule has 2 saturated carbocycles. The zero-order chi connectivity index (χ0) is 30.1.